The minimum absolute atomic E-state index is 0.571. The molecule has 1 N–H and O–H groups in total. The van der Waals surface area contributed by atoms with Gasteiger partial charge in [0.2, 0.25) is 0 Å². The van der Waals surface area contributed by atoms with E-state index in [4.69, 9.17) is 0 Å². The molecule has 1 nitrogen and oxygen atoms in total. The van der Waals surface area contributed by atoms with E-state index < -0.39 is 11.6 Å². The number of benzene rings is 1. The Bertz CT molecular complexity index is 579. The molecule has 0 aliphatic carbocycles. The highest BCUT2D eigenvalue weighted by atomic mass is 19.2. The molecule has 0 aliphatic rings. The van der Waals surface area contributed by atoms with Crippen LogP contribution in [0, 0.1) is 11.6 Å². The second-order valence-corrected chi connectivity index (χ2v) is 3.47. The molecule has 1 aromatic heterocycles. The van der Waals surface area contributed by atoms with Crippen LogP contribution in [0.4, 0.5) is 8.78 Å². The number of hydrogen-bond acceptors (Lipinski definition) is 0. The minimum Gasteiger partial charge on any atom is -0.354 e. The van der Waals surface area contributed by atoms with Gasteiger partial charge in [0.15, 0.2) is 11.6 Å². The third-order valence-corrected chi connectivity index (χ3v) is 2.45. The van der Waals surface area contributed by atoms with Gasteiger partial charge in [-0.25, -0.2) is 8.78 Å². The third kappa shape index (κ3) is 1.54. The van der Waals surface area contributed by atoms with E-state index in [9.17, 15) is 8.78 Å². The molecule has 3 heteroatoms. The number of aromatic nitrogens is 1. The van der Waals surface area contributed by atoms with Crippen LogP contribution in [-0.4, -0.2) is 4.98 Å². The number of hydrogen-bond donors (Lipinski definition) is 1. The van der Waals surface area contributed by atoms with Crippen LogP contribution in [0.3, 0.4) is 0 Å². The highest BCUT2D eigenvalue weighted by Crippen LogP contribution is 2.26. The Morgan fingerprint density at radius 2 is 1.94 bits per heavy atom. The first kappa shape index (κ1) is 10.6. The number of fused-ring (bicyclic) bond motifs is 1. The van der Waals surface area contributed by atoms with Crippen LogP contribution in [0.2, 0.25) is 0 Å². The second kappa shape index (κ2) is 3.93. The fourth-order valence-corrected chi connectivity index (χ4v) is 1.75. The van der Waals surface area contributed by atoms with Crippen molar-refractivity contribution in [1.82, 2.24) is 4.98 Å². The van der Waals surface area contributed by atoms with Gasteiger partial charge in [-0.3, -0.25) is 0 Å². The third-order valence-electron chi connectivity index (χ3n) is 2.45. The number of allylic oxidation sites excluding steroid dienone is 1. The summed E-state index contributed by atoms with van der Waals surface area (Å²) in [5, 5.41) is 0.641. The summed E-state index contributed by atoms with van der Waals surface area (Å²) in [6.45, 7) is 5.55. The van der Waals surface area contributed by atoms with Crippen molar-refractivity contribution in [2.45, 2.75) is 6.92 Å². The van der Waals surface area contributed by atoms with E-state index in [1.165, 1.54) is 6.07 Å². The summed E-state index contributed by atoms with van der Waals surface area (Å²) in [5.74, 6) is -1.70. The molecule has 0 radical (unpaired) electrons. The van der Waals surface area contributed by atoms with Crippen molar-refractivity contribution in [1.29, 1.82) is 0 Å². The molecule has 1 heterocycles. The van der Waals surface area contributed by atoms with E-state index in [-0.39, 0.29) is 0 Å². The van der Waals surface area contributed by atoms with Gasteiger partial charge in [-0.2, -0.15) is 0 Å². The summed E-state index contributed by atoms with van der Waals surface area (Å²) in [5.41, 5.74) is 2.16. The first-order chi connectivity index (χ1) is 7.67. The zero-order valence-corrected chi connectivity index (χ0v) is 8.85. The second-order valence-electron chi connectivity index (χ2n) is 3.47. The fraction of sp³-hybridized carbons (Fsp3) is 0.0769. The van der Waals surface area contributed by atoms with Crippen LogP contribution in [0.15, 0.2) is 24.8 Å². The molecule has 0 amide bonds. The first-order valence-electron chi connectivity index (χ1n) is 4.93. The Kier molecular flexibility index (Phi) is 2.60. The zero-order valence-electron chi connectivity index (χ0n) is 8.85. The van der Waals surface area contributed by atoms with Gasteiger partial charge in [0.05, 0.1) is 0 Å². The number of aromatic amines is 1. The molecule has 16 heavy (non-hydrogen) atoms. The van der Waals surface area contributed by atoms with Crippen molar-refractivity contribution in [3.8, 4) is 0 Å². The molecule has 0 atom stereocenters. The van der Waals surface area contributed by atoms with Crippen molar-refractivity contribution < 1.29 is 8.78 Å². The SMILES string of the molecule is C=Cc1c(/C=C\C)[nH]c2cc(F)c(F)cc12. The number of H-pyrrole nitrogens is 1. The maximum absolute atomic E-state index is 13.1. The Balaban J connectivity index is 2.82. The van der Waals surface area contributed by atoms with Gasteiger partial charge < -0.3 is 4.98 Å². The fourth-order valence-electron chi connectivity index (χ4n) is 1.75. The van der Waals surface area contributed by atoms with E-state index in [0.717, 1.165) is 17.3 Å². The maximum atomic E-state index is 13.1. The van der Waals surface area contributed by atoms with Gasteiger partial charge in [-0.15, -0.1) is 0 Å². The van der Waals surface area contributed by atoms with Crippen molar-refractivity contribution in [3.05, 3.63) is 47.7 Å². The predicted octanol–water partition coefficient (Wildman–Crippen LogP) is 4.12. The Hall–Kier alpha value is -1.90. The summed E-state index contributed by atoms with van der Waals surface area (Å²) in [7, 11) is 0. The number of halogens is 2. The van der Waals surface area contributed by atoms with Crippen LogP contribution in [0.1, 0.15) is 18.2 Å². The molecular weight excluding hydrogens is 208 g/mol. The summed E-state index contributed by atoms with van der Waals surface area (Å²) in [6.07, 6.45) is 5.32. The highest BCUT2D eigenvalue weighted by Gasteiger charge is 2.10. The lowest BCUT2D eigenvalue weighted by atomic mass is 10.1. The van der Waals surface area contributed by atoms with Crippen LogP contribution in [0.25, 0.3) is 23.1 Å². The molecule has 0 saturated carbocycles. The summed E-state index contributed by atoms with van der Waals surface area (Å²) in [4.78, 5) is 3.02. The minimum atomic E-state index is -0.851. The molecule has 1 aromatic carbocycles. The van der Waals surface area contributed by atoms with Gasteiger partial charge >= 0.3 is 0 Å². The molecule has 0 unspecified atom stereocenters. The van der Waals surface area contributed by atoms with Gasteiger partial charge in [0.1, 0.15) is 0 Å². The molecular formula is C13H11F2N. The standard InChI is InChI=1S/C13H11F2N/c1-3-5-12-8(4-2)9-6-10(14)11(15)7-13(9)16-12/h3-7,16H,2H2,1H3/b5-3-. The first-order valence-corrected chi connectivity index (χ1v) is 4.93. The lowest BCUT2D eigenvalue weighted by molar-refractivity contribution is 0.511. The van der Waals surface area contributed by atoms with Gasteiger partial charge in [-0.1, -0.05) is 18.7 Å². The smallest absolute Gasteiger partial charge is 0.160 e. The van der Waals surface area contributed by atoms with E-state index in [1.807, 2.05) is 19.1 Å². The topological polar surface area (TPSA) is 15.8 Å². The molecule has 0 fully saturated rings. The van der Waals surface area contributed by atoms with E-state index in [0.29, 0.717) is 10.9 Å². The average molecular weight is 219 g/mol. The molecule has 0 saturated heterocycles. The van der Waals surface area contributed by atoms with Crippen molar-refractivity contribution >= 4 is 23.1 Å². The van der Waals surface area contributed by atoms with Crippen LogP contribution in [0.5, 0.6) is 0 Å². The average Bonchev–Trinajstić information content (AvgIpc) is 2.56. The van der Waals surface area contributed by atoms with Crippen molar-refractivity contribution in [3.63, 3.8) is 0 Å². The zero-order chi connectivity index (χ0) is 11.7. The Morgan fingerprint density at radius 1 is 1.25 bits per heavy atom. The largest absolute Gasteiger partial charge is 0.354 e. The number of nitrogens with one attached hydrogen (secondary N) is 1. The van der Waals surface area contributed by atoms with Gasteiger partial charge in [-0.05, 0) is 19.1 Å². The quantitative estimate of drug-likeness (QED) is 0.781. The van der Waals surface area contributed by atoms with Crippen molar-refractivity contribution in [2.75, 3.05) is 0 Å². The van der Waals surface area contributed by atoms with Gasteiger partial charge in [0.25, 0.3) is 0 Å². The molecule has 2 aromatic rings. The normalized spacial score (nSPS) is 11.4. The van der Waals surface area contributed by atoms with Crippen LogP contribution in [-0.2, 0) is 0 Å². The van der Waals surface area contributed by atoms with Gasteiger partial charge in [0, 0.05) is 28.2 Å². The molecule has 0 spiro atoms. The summed E-state index contributed by atoms with van der Waals surface area (Å²) in [6, 6.07) is 2.34. The molecule has 0 aliphatic heterocycles. The van der Waals surface area contributed by atoms with E-state index >= 15 is 0 Å². The summed E-state index contributed by atoms with van der Waals surface area (Å²) < 4.78 is 26.2. The van der Waals surface area contributed by atoms with Crippen LogP contribution < -0.4 is 0 Å². The lowest BCUT2D eigenvalue weighted by Gasteiger charge is -1.94. The lowest BCUT2D eigenvalue weighted by Crippen LogP contribution is -1.82. The van der Waals surface area contributed by atoms with Crippen LogP contribution >= 0.6 is 0 Å². The monoisotopic (exact) mass is 219 g/mol. The Morgan fingerprint density at radius 3 is 2.56 bits per heavy atom. The predicted molar refractivity (Wildman–Crippen MR) is 63.0 cm³/mol. The van der Waals surface area contributed by atoms with E-state index in [2.05, 4.69) is 11.6 Å². The highest BCUT2D eigenvalue weighted by molar-refractivity contribution is 5.92. The van der Waals surface area contributed by atoms with Crippen molar-refractivity contribution in [2.24, 2.45) is 0 Å². The molecule has 2 rings (SSSR count). The molecule has 0 bridgehead atoms. The maximum Gasteiger partial charge on any atom is 0.160 e. The summed E-state index contributed by atoms with van der Waals surface area (Å²) >= 11 is 0. The number of rotatable bonds is 2. The Labute approximate surface area is 92.1 Å². The molecule has 82 valence electrons. The van der Waals surface area contributed by atoms with E-state index in [1.54, 1.807) is 6.08 Å².